The lowest BCUT2D eigenvalue weighted by atomic mass is 10.0. The first-order valence-electron chi connectivity index (χ1n) is 6.36. The van der Waals surface area contributed by atoms with Gasteiger partial charge >= 0.3 is 5.97 Å². The fraction of sp³-hybridized carbons (Fsp3) is 0.500. The molecule has 106 valence electrons. The highest BCUT2D eigenvalue weighted by atomic mass is 35.5. The number of nitrogens with one attached hydrogen (secondary N) is 1. The number of aliphatic carboxylic acids is 1. The van der Waals surface area contributed by atoms with Crippen LogP contribution in [0.3, 0.4) is 0 Å². The van der Waals surface area contributed by atoms with E-state index in [2.05, 4.69) is 5.32 Å². The van der Waals surface area contributed by atoms with Gasteiger partial charge in [0.05, 0.1) is 0 Å². The molecule has 0 spiro atoms. The smallest absolute Gasteiger partial charge is 0.303 e. The van der Waals surface area contributed by atoms with E-state index in [1.807, 2.05) is 6.92 Å². The molecule has 3 nitrogen and oxygen atoms in total. The van der Waals surface area contributed by atoms with Gasteiger partial charge in [0.25, 0.3) is 0 Å². The monoisotopic (exact) mass is 287 g/mol. The Hall–Kier alpha value is -1.13. The second kappa shape index (κ2) is 8.12. The number of hydrogen-bond acceptors (Lipinski definition) is 2. The summed E-state index contributed by atoms with van der Waals surface area (Å²) in [4.78, 5) is 10.4. The molecule has 1 rings (SSSR count). The first-order valence-corrected chi connectivity index (χ1v) is 6.74. The van der Waals surface area contributed by atoms with Crippen LogP contribution < -0.4 is 5.32 Å². The van der Waals surface area contributed by atoms with Gasteiger partial charge in [-0.2, -0.15) is 0 Å². The molecular formula is C14H19ClFNO2. The van der Waals surface area contributed by atoms with E-state index in [0.29, 0.717) is 36.0 Å². The normalized spacial score (nSPS) is 12.4. The number of halogens is 2. The Balaban J connectivity index is 2.25. The zero-order chi connectivity index (χ0) is 14.3. The number of hydrogen-bond donors (Lipinski definition) is 2. The molecule has 0 bridgehead atoms. The Morgan fingerprint density at radius 3 is 2.84 bits per heavy atom. The van der Waals surface area contributed by atoms with Crippen LogP contribution in [0.2, 0.25) is 5.02 Å². The van der Waals surface area contributed by atoms with Crippen molar-refractivity contribution in [1.82, 2.24) is 5.32 Å². The molecular weight excluding hydrogens is 269 g/mol. The van der Waals surface area contributed by atoms with Crippen LogP contribution >= 0.6 is 11.6 Å². The van der Waals surface area contributed by atoms with Crippen molar-refractivity contribution in [3.63, 3.8) is 0 Å². The van der Waals surface area contributed by atoms with Gasteiger partial charge in [0.15, 0.2) is 0 Å². The molecule has 0 aliphatic rings. The summed E-state index contributed by atoms with van der Waals surface area (Å²) < 4.78 is 13.5. The number of rotatable bonds is 8. The number of benzene rings is 1. The van der Waals surface area contributed by atoms with Gasteiger partial charge in [-0.05, 0) is 37.4 Å². The van der Waals surface area contributed by atoms with Crippen LogP contribution in [0.1, 0.15) is 31.7 Å². The molecule has 1 atom stereocenters. The Bertz CT molecular complexity index is 406. The predicted molar refractivity (Wildman–Crippen MR) is 73.8 cm³/mol. The van der Waals surface area contributed by atoms with E-state index in [9.17, 15) is 9.18 Å². The van der Waals surface area contributed by atoms with Gasteiger partial charge in [-0.25, -0.2) is 4.39 Å². The van der Waals surface area contributed by atoms with Gasteiger partial charge in [0.1, 0.15) is 5.82 Å². The molecule has 0 heterocycles. The summed E-state index contributed by atoms with van der Waals surface area (Å²) in [5.41, 5.74) is 0.474. The van der Waals surface area contributed by atoms with Crippen LogP contribution in [0, 0.1) is 11.7 Å². The largest absolute Gasteiger partial charge is 0.481 e. The molecule has 0 radical (unpaired) electrons. The van der Waals surface area contributed by atoms with Gasteiger partial charge in [0.2, 0.25) is 0 Å². The van der Waals surface area contributed by atoms with Crippen LogP contribution in [0.15, 0.2) is 18.2 Å². The molecule has 0 fully saturated rings. The molecule has 0 aliphatic carbocycles. The molecule has 0 aromatic heterocycles. The second-order valence-corrected chi connectivity index (χ2v) is 5.11. The SMILES string of the molecule is CC(CCNCc1c(F)cccc1Cl)CCC(=O)O. The van der Waals surface area contributed by atoms with Crippen molar-refractivity contribution in [2.45, 2.75) is 32.7 Å². The van der Waals surface area contributed by atoms with Gasteiger partial charge in [-0.15, -0.1) is 0 Å². The molecule has 0 saturated heterocycles. The van der Waals surface area contributed by atoms with Gasteiger partial charge in [-0.1, -0.05) is 24.6 Å². The average Bonchev–Trinajstić information content (AvgIpc) is 2.35. The minimum Gasteiger partial charge on any atom is -0.481 e. The summed E-state index contributed by atoms with van der Waals surface area (Å²) in [7, 11) is 0. The van der Waals surface area contributed by atoms with Crippen LogP contribution in [0.25, 0.3) is 0 Å². The van der Waals surface area contributed by atoms with E-state index in [4.69, 9.17) is 16.7 Å². The van der Waals surface area contributed by atoms with Gasteiger partial charge < -0.3 is 10.4 Å². The summed E-state index contributed by atoms with van der Waals surface area (Å²) in [6.07, 6.45) is 1.72. The zero-order valence-corrected chi connectivity index (χ0v) is 11.7. The summed E-state index contributed by atoms with van der Waals surface area (Å²) in [5, 5.41) is 12.1. The lowest BCUT2D eigenvalue weighted by molar-refractivity contribution is -0.137. The van der Waals surface area contributed by atoms with E-state index in [1.165, 1.54) is 6.07 Å². The van der Waals surface area contributed by atoms with E-state index >= 15 is 0 Å². The van der Waals surface area contributed by atoms with Crippen LogP contribution in [0.4, 0.5) is 4.39 Å². The molecule has 0 amide bonds. The number of carboxylic acid groups (broad SMARTS) is 1. The van der Waals surface area contributed by atoms with Crippen molar-refractivity contribution in [3.05, 3.63) is 34.6 Å². The van der Waals surface area contributed by atoms with Crippen molar-refractivity contribution in [3.8, 4) is 0 Å². The molecule has 1 aromatic carbocycles. The highest BCUT2D eigenvalue weighted by Gasteiger charge is 2.07. The number of carbonyl (C=O) groups is 1. The van der Waals surface area contributed by atoms with E-state index in [1.54, 1.807) is 12.1 Å². The highest BCUT2D eigenvalue weighted by Crippen LogP contribution is 2.18. The predicted octanol–water partition coefficient (Wildman–Crippen LogP) is 3.46. The molecule has 1 aromatic rings. The third kappa shape index (κ3) is 6.03. The zero-order valence-electron chi connectivity index (χ0n) is 11.0. The minimum absolute atomic E-state index is 0.195. The standard InChI is InChI=1S/C14H19ClFNO2/c1-10(5-6-14(18)19)7-8-17-9-11-12(15)3-2-4-13(11)16/h2-4,10,17H,5-9H2,1H3,(H,18,19). The van der Waals surface area contributed by atoms with Crippen LogP contribution in [-0.4, -0.2) is 17.6 Å². The highest BCUT2D eigenvalue weighted by molar-refractivity contribution is 6.31. The Labute approximate surface area is 117 Å². The Morgan fingerprint density at radius 2 is 2.21 bits per heavy atom. The third-order valence-corrected chi connectivity index (χ3v) is 3.38. The van der Waals surface area contributed by atoms with Crippen molar-refractivity contribution < 1.29 is 14.3 Å². The maximum absolute atomic E-state index is 13.5. The molecule has 1 unspecified atom stereocenters. The molecule has 19 heavy (non-hydrogen) atoms. The summed E-state index contributed by atoms with van der Waals surface area (Å²) in [6, 6.07) is 4.63. The van der Waals surface area contributed by atoms with Crippen molar-refractivity contribution in [2.24, 2.45) is 5.92 Å². The maximum atomic E-state index is 13.5. The molecule has 2 N–H and O–H groups in total. The summed E-state index contributed by atoms with van der Waals surface area (Å²) in [5.74, 6) is -0.739. The summed E-state index contributed by atoms with van der Waals surface area (Å²) >= 11 is 5.91. The second-order valence-electron chi connectivity index (χ2n) is 4.70. The minimum atomic E-state index is -0.766. The Morgan fingerprint density at radius 1 is 1.47 bits per heavy atom. The average molecular weight is 288 g/mol. The first-order chi connectivity index (χ1) is 9.00. The van der Waals surface area contributed by atoms with E-state index in [-0.39, 0.29) is 12.2 Å². The fourth-order valence-corrected chi connectivity index (χ4v) is 2.01. The fourth-order valence-electron chi connectivity index (χ4n) is 1.78. The topological polar surface area (TPSA) is 49.3 Å². The lowest BCUT2D eigenvalue weighted by Gasteiger charge is -2.11. The number of carboxylic acids is 1. The molecule has 0 saturated carbocycles. The van der Waals surface area contributed by atoms with Crippen LogP contribution in [-0.2, 0) is 11.3 Å². The molecule has 0 aliphatic heterocycles. The third-order valence-electron chi connectivity index (χ3n) is 3.03. The van der Waals surface area contributed by atoms with E-state index < -0.39 is 5.97 Å². The lowest BCUT2D eigenvalue weighted by Crippen LogP contribution is -2.18. The first kappa shape index (κ1) is 15.9. The van der Waals surface area contributed by atoms with Gasteiger partial charge in [0, 0.05) is 23.6 Å². The molecule has 5 heteroatoms. The summed E-state index contributed by atoms with van der Waals surface area (Å²) in [6.45, 7) is 3.11. The van der Waals surface area contributed by atoms with Gasteiger partial charge in [-0.3, -0.25) is 4.79 Å². The van der Waals surface area contributed by atoms with Crippen molar-refractivity contribution in [1.29, 1.82) is 0 Å². The van der Waals surface area contributed by atoms with Crippen molar-refractivity contribution in [2.75, 3.05) is 6.54 Å². The van der Waals surface area contributed by atoms with Crippen LogP contribution in [0.5, 0.6) is 0 Å². The van der Waals surface area contributed by atoms with E-state index in [0.717, 1.165) is 6.42 Å². The Kier molecular flexibility index (Phi) is 6.81. The van der Waals surface area contributed by atoms with Crippen molar-refractivity contribution >= 4 is 17.6 Å². The quantitative estimate of drug-likeness (QED) is 0.720. The maximum Gasteiger partial charge on any atom is 0.303 e.